The van der Waals surface area contributed by atoms with Gasteiger partial charge in [-0.1, -0.05) is 0 Å². The highest BCUT2D eigenvalue weighted by Crippen LogP contribution is 2.14. The molecule has 1 aromatic carbocycles. The molecule has 0 aliphatic heterocycles. The van der Waals surface area contributed by atoms with E-state index in [-0.39, 0.29) is 11.1 Å². The van der Waals surface area contributed by atoms with Gasteiger partial charge in [0.25, 0.3) is 0 Å². The van der Waals surface area contributed by atoms with Gasteiger partial charge in [-0.2, -0.15) is 0 Å². The SMILES string of the molecule is O=Cc1cc2ccc(=O)[nH]c2cc1F. The Balaban J connectivity index is 2.85. The second-order valence-corrected chi connectivity index (χ2v) is 2.90. The molecule has 0 saturated carbocycles. The first-order chi connectivity index (χ1) is 6.70. The van der Waals surface area contributed by atoms with Crippen molar-refractivity contribution < 1.29 is 9.18 Å². The number of rotatable bonds is 1. The standard InChI is InChI=1S/C10H6FNO2/c11-8-4-9-6(3-7(8)5-13)1-2-10(14)12-9/h1-5H,(H,12,14). The van der Waals surface area contributed by atoms with Crippen LogP contribution < -0.4 is 5.56 Å². The molecule has 0 spiro atoms. The number of hydrogen-bond acceptors (Lipinski definition) is 2. The Labute approximate surface area is 78.2 Å². The predicted molar refractivity (Wildman–Crippen MR) is 49.9 cm³/mol. The lowest BCUT2D eigenvalue weighted by molar-refractivity contribution is 0.112. The molecule has 0 aliphatic carbocycles. The summed E-state index contributed by atoms with van der Waals surface area (Å²) in [5.41, 5.74) is 0.0842. The Morgan fingerprint density at radius 3 is 2.79 bits per heavy atom. The second-order valence-electron chi connectivity index (χ2n) is 2.90. The number of fused-ring (bicyclic) bond motifs is 1. The lowest BCUT2D eigenvalue weighted by Gasteiger charge is -1.99. The number of H-pyrrole nitrogens is 1. The molecule has 1 heterocycles. The van der Waals surface area contributed by atoms with Gasteiger partial charge in [-0.3, -0.25) is 9.59 Å². The minimum Gasteiger partial charge on any atom is -0.322 e. The first kappa shape index (κ1) is 8.62. The Morgan fingerprint density at radius 1 is 1.29 bits per heavy atom. The number of carbonyl (C=O) groups excluding carboxylic acids is 1. The molecule has 3 nitrogen and oxygen atoms in total. The van der Waals surface area contributed by atoms with Crippen LogP contribution in [0.5, 0.6) is 0 Å². The minimum absolute atomic E-state index is 0.00968. The molecule has 0 amide bonds. The molecule has 0 atom stereocenters. The van der Waals surface area contributed by atoms with Crippen molar-refractivity contribution in [3.63, 3.8) is 0 Å². The van der Waals surface area contributed by atoms with Crippen molar-refractivity contribution in [3.8, 4) is 0 Å². The summed E-state index contributed by atoms with van der Waals surface area (Å²) >= 11 is 0. The average molecular weight is 191 g/mol. The Bertz CT molecular complexity index is 560. The highest BCUT2D eigenvalue weighted by Gasteiger charge is 2.03. The molecule has 0 unspecified atom stereocenters. The number of halogens is 1. The van der Waals surface area contributed by atoms with Crippen molar-refractivity contribution in [3.05, 3.63) is 46.0 Å². The van der Waals surface area contributed by atoms with Crippen LogP contribution >= 0.6 is 0 Å². The monoisotopic (exact) mass is 191 g/mol. The van der Waals surface area contributed by atoms with Crippen LogP contribution in [0.15, 0.2) is 29.1 Å². The summed E-state index contributed by atoms with van der Waals surface area (Å²) in [5.74, 6) is -0.630. The third-order valence-electron chi connectivity index (χ3n) is 1.97. The van der Waals surface area contributed by atoms with E-state index < -0.39 is 5.82 Å². The van der Waals surface area contributed by atoms with Gasteiger partial charge in [0.2, 0.25) is 5.56 Å². The van der Waals surface area contributed by atoms with E-state index in [0.717, 1.165) is 6.07 Å². The smallest absolute Gasteiger partial charge is 0.248 e. The minimum atomic E-state index is -0.630. The molecule has 4 heteroatoms. The zero-order valence-electron chi connectivity index (χ0n) is 7.08. The summed E-state index contributed by atoms with van der Waals surface area (Å²) in [6.45, 7) is 0. The predicted octanol–water partition coefficient (Wildman–Crippen LogP) is 1.48. The van der Waals surface area contributed by atoms with Crippen molar-refractivity contribution in [1.82, 2.24) is 4.98 Å². The molecule has 1 aromatic heterocycles. The summed E-state index contributed by atoms with van der Waals surface area (Å²) in [4.78, 5) is 23.8. The van der Waals surface area contributed by atoms with Crippen molar-refractivity contribution in [1.29, 1.82) is 0 Å². The highest BCUT2D eigenvalue weighted by molar-refractivity contribution is 5.86. The van der Waals surface area contributed by atoms with Crippen LogP contribution in [0.3, 0.4) is 0 Å². The second kappa shape index (κ2) is 3.06. The van der Waals surface area contributed by atoms with E-state index >= 15 is 0 Å². The van der Waals surface area contributed by atoms with Gasteiger partial charge in [-0.05, 0) is 23.6 Å². The fraction of sp³-hybridized carbons (Fsp3) is 0. The quantitative estimate of drug-likeness (QED) is 0.694. The summed E-state index contributed by atoms with van der Waals surface area (Å²) in [6, 6.07) is 5.41. The van der Waals surface area contributed by atoms with E-state index in [4.69, 9.17) is 0 Å². The molecule has 0 radical (unpaired) electrons. The van der Waals surface area contributed by atoms with Gasteiger partial charge >= 0.3 is 0 Å². The fourth-order valence-electron chi connectivity index (χ4n) is 1.28. The van der Waals surface area contributed by atoms with Crippen LogP contribution in [-0.4, -0.2) is 11.3 Å². The van der Waals surface area contributed by atoms with Crippen molar-refractivity contribution in [2.75, 3.05) is 0 Å². The molecule has 70 valence electrons. The number of aromatic amines is 1. The van der Waals surface area contributed by atoms with Crippen LogP contribution in [0, 0.1) is 5.82 Å². The van der Waals surface area contributed by atoms with E-state index in [9.17, 15) is 14.0 Å². The van der Waals surface area contributed by atoms with E-state index in [2.05, 4.69) is 4.98 Å². The summed E-state index contributed by atoms with van der Waals surface area (Å²) < 4.78 is 13.1. The maximum absolute atomic E-state index is 13.1. The first-order valence-corrected chi connectivity index (χ1v) is 3.98. The van der Waals surface area contributed by atoms with Crippen molar-refractivity contribution in [2.45, 2.75) is 0 Å². The maximum Gasteiger partial charge on any atom is 0.248 e. The molecule has 2 aromatic rings. The van der Waals surface area contributed by atoms with Gasteiger partial charge in [-0.15, -0.1) is 0 Å². The van der Waals surface area contributed by atoms with Gasteiger partial charge in [0.15, 0.2) is 6.29 Å². The number of pyridine rings is 1. The number of nitrogens with one attached hydrogen (secondary N) is 1. The van der Waals surface area contributed by atoms with E-state index in [1.165, 1.54) is 12.1 Å². The Kier molecular flexibility index (Phi) is 1.89. The van der Waals surface area contributed by atoms with Crippen LogP contribution in [-0.2, 0) is 0 Å². The number of benzene rings is 1. The molecular formula is C10H6FNO2. The van der Waals surface area contributed by atoms with Crippen LogP contribution in [0.1, 0.15) is 10.4 Å². The Morgan fingerprint density at radius 2 is 2.07 bits per heavy atom. The molecule has 0 aliphatic rings. The highest BCUT2D eigenvalue weighted by atomic mass is 19.1. The summed E-state index contributed by atoms with van der Waals surface area (Å²) in [7, 11) is 0. The number of carbonyl (C=O) groups is 1. The molecule has 2 rings (SSSR count). The summed E-state index contributed by atoms with van der Waals surface area (Å²) in [5, 5.41) is 0.633. The third kappa shape index (κ3) is 1.31. The van der Waals surface area contributed by atoms with Gasteiger partial charge in [-0.25, -0.2) is 4.39 Å². The molecule has 0 saturated heterocycles. The molecule has 0 fully saturated rings. The van der Waals surface area contributed by atoms with Crippen LogP contribution in [0.2, 0.25) is 0 Å². The fourth-order valence-corrected chi connectivity index (χ4v) is 1.28. The largest absolute Gasteiger partial charge is 0.322 e. The van der Waals surface area contributed by atoms with Crippen molar-refractivity contribution in [2.24, 2.45) is 0 Å². The van der Waals surface area contributed by atoms with Gasteiger partial charge in [0.05, 0.1) is 11.1 Å². The lowest BCUT2D eigenvalue weighted by Crippen LogP contribution is -2.03. The molecule has 0 bridgehead atoms. The van der Waals surface area contributed by atoms with E-state index in [0.29, 0.717) is 17.2 Å². The number of aldehydes is 1. The average Bonchev–Trinajstić information content (AvgIpc) is 2.16. The lowest BCUT2D eigenvalue weighted by atomic mass is 10.1. The summed E-state index contributed by atoms with van der Waals surface area (Å²) in [6.07, 6.45) is 0.444. The van der Waals surface area contributed by atoms with Crippen molar-refractivity contribution >= 4 is 17.2 Å². The van der Waals surface area contributed by atoms with Gasteiger partial charge in [0, 0.05) is 6.07 Å². The van der Waals surface area contributed by atoms with E-state index in [1.54, 1.807) is 6.07 Å². The Hall–Kier alpha value is -1.97. The molecular weight excluding hydrogens is 185 g/mol. The normalized spacial score (nSPS) is 10.4. The zero-order valence-corrected chi connectivity index (χ0v) is 7.08. The topological polar surface area (TPSA) is 49.9 Å². The number of aromatic nitrogens is 1. The van der Waals surface area contributed by atoms with E-state index in [1.807, 2.05) is 0 Å². The van der Waals surface area contributed by atoms with Crippen LogP contribution in [0.25, 0.3) is 10.9 Å². The van der Waals surface area contributed by atoms with Gasteiger partial charge in [0.1, 0.15) is 5.82 Å². The third-order valence-corrected chi connectivity index (χ3v) is 1.97. The van der Waals surface area contributed by atoms with Crippen LogP contribution in [0.4, 0.5) is 4.39 Å². The zero-order chi connectivity index (χ0) is 10.1. The number of hydrogen-bond donors (Lipinski definition) is 1. The molecule has 1 N–H and O–H groups in total. The molecule has 14 heavy (non-hydrogen) atoms. The van der Waals surface area contributed by atoms with Gasteiger partial charge < -0.3 is 4.98 Å². The maximum atomic E-state index is 13.1. The first-order valence-electron chi connectivity index (χ1n) is 3.98.